The van der Waals surface area contributed by atoms with E-state index in [0.29, 0.717) is 20.9 Å². The molecule has 8 heteroatoms. The number of nitrogens with zero attached hydrogens (tertiary/aromatic N) is 1. The van der Waals surface area contributed by atoms with E-state index in [0.717, 1.165) is 17.0 Å². The van der Waals surface area contributed by atoms with Gasteiger partial charge in [-0.15, -0.1) is 11.3 Å². The molecule has 0 aliphatic heterocycles. The predicted molar refractivity (Wildman–Crippen MR) is 114 cm³/mol. The molecule has 3 aromatic rings. The maximum atomic E-state index is 12.1. The van der Waals surface area contributed by atoms with Crippen LogP contribution in [0.2, 0.25) is 10.0 Å². The molecule has 0 fully saturated rings. The molecule has 0 radical (unpaired) electrons. The first-order chi connectivity index (χ1) is 13.4. The minimum atomic E-state index is -0.336. The van der Waals surface area contributed by atoms with Gasteiger partial charge in [0.2, 0.25) is 0 Å². The second-order valence-corrected chi connectivity index (χ2v) is 7.84. The summed E-state index contributed by atoms with van der Waals surface area (Å²) in [6, 6.07) is 12.5. The van der Waals surface area contributed by atoms with Crippen molar-refractivity contribution in [1.29, 1.82) is 0 Å². The molecule has 0 saturated heterocycles. The number of carbonyl (C=O) groups excluding carboxylic acids is 1. The van der Waals surface area contributed by atoms with Gasteiger partial charge in [-0.2, -0.15) is 0 Å². The standard InChI is InChI=1S/C20H18Cl2N2O3S/c1-12(2)27-15-6-3-13(4-7-15)17-11-28-20(23-17)24-19(25)10-26-18-9-14(21)5-8-16(18)22/h3-9,11-12H,10H2,1-2H3,(H,23,24,25). The molecule has 5 nitrogen and oxygen atoms in total. The second kappa shape index (κ2) is 9.28. The maximum Gasteiger partial charge on any atom is 0.264 e. The van der Waals surface area contributed by atoms with E-state index in [1.54, 1.807) is 18.2 Å². The van der Waals surface area contributed by atoms with E-state index in [1.165, 1.54) is 11.3 Å². The van der Waals surface area contributed by atoms with Crippen LogP contribution >= 0.6 is 34.5 Å². The molecule has 1 N–H and O–H groups in total. The summed E-state index contributed by atoms with van der Waals surface area (Å²) in [4.78, 5) is 16.6. The first-order valence-corrected chi connectivity index (χ1v) is 10.1. The molecule has 0 atom stereocenters. The average Bonchev–Trinajstić information content (AvgIpc) is 3.11. The zero-order valence-electron chi connectivity index (χ0n) is 15.2. The van der Waals surface area contributed by atoms with Gasteiger partial charge in [-0.1, -0.05) is 23.2 Å². The number of halogens is 2. The number of hydrogen-bond acceptors (Lipinski definition) is 5. The smallest absolute Gasteiger partial charge is 0.264 e. The van der Waals surface area contributed by atoms with E-state index in [-0.39, 0.29) is 18.6 Å². The lowest BCUT2D eigenvalue weighted by atomic mass is 10.2. The van der Waals surface area contributed by atoms with Gasteiger partial charge in [-0.3, -0.25) is 10.1 Å². The lowest BCUT2D eigenvalue weighted by Gasteiger charge is -2.09. The number of benzene rings is 2. The third-order valence-corrected chi connectivity index (χ3v) is 4.83. The molecular formula is C20H18Cl2N2O3S. The molecule has 0 aliphatic carbocycles. The van der Waals surface area contributed by atoms with Crippen LogP contribution in [0.25, 0.3) is 11.3 Å². The number of nitrogens with one attached hydrogen (secondary N) is 1. The number of thiazole rings is 1. The first-order valence-electron chi connectivity index (χ1n) is 8.51. The Kier molecular flexibility index (Phi) is 6.78. The molecule has 1 amide bonds. The molecule has 0 unspecified atom stereocenters. The molecule has 3 rings (SSSR count). The van der Waals surface area contributed by atoms with Crippen LogP contribution < -0.4 is 14.8 Å². The minimum absolute atomic E-state index is 0.121. The first kappa shape index (κ1) is 20.5. The van der Waals surface area contributed by atoms with Crippen molar-refractivity contribution in [2.45, 2.75) is 20.0 Å². The summed E-state index contributed by atoms with van der Waals surface area (Å²) in [7, 11) is 0. The number of ether oxygens (including phenoxy) is 2. The average molecular weight is 437 g/mol. The van der Waals surface area contributed by atoms with Gasteiger partial charge in [0.15, 0.2) is 11.7 Å². The quantitative estimate of drug-likeness (QED) is 0.498. The van der Waals surface area contributed by atoms with Crippen molar-refractivity contribution in [3.05, 3.63) is 57.9 Å². The summed E-state index contributed by atoms with van der Waals surface area (Å²) >= 11 is 13.3. The predicted octanol–water partition coefficient (Wildman–Crippen LogP) is 5.92. The molecule has 1 aromatic heterocycles. The molecule has 1 heterocycles. The maximum absolute atomic E-state index is 12.1. The van der Waals surface area contributed by atoms with Gasteiger partial charge in [-0.05, 0) is 50.2 Å². The van der Waals surface area contributed by atoms with E-state index < -0.39 is 0 Å². The van der Waals surface area contributed by atoms with E-state index in [4.69, 9.17) is 32.7 Å². The summed E-state index contributed by atoms with van der Waals surface area (Å²) in [5.74, 6) is 0.824. The van der Waals surface area contributed by atoms with Gasteiger partial charge in [0, 0.05) is 22.0 Å². The Morgan fingerprint density at radius 2 is 1.93 bits per heavy atom. The van der Waals surface area contributed by atoms with E-state index in [2.05, 4.69) is 10.3 Å². The van der Waals surface area contributed by atoms with Gasteiger partial charge < -0.3 is 9.47 Å². The van der Waals surface area contributed by atoms with Crippen molar-refractivity contribution >= 4 is 45.6 Å². The van der Waals surface area contributed by atoms with Crippen LogP contribution in [0.15, 0.2) is 47.8 Å². The fourth-order valence-corrected chi connectivity index (χ4v) is 3.40. The minimum Gasteiger partial charge on any atom is -0.491 e. The summed E-state index contributed by atoms with van der Waals surface area (Å²) in [6.45, 7) is 3.76. The molecule has 0 spiro atoms. The van der Waals surface area contributed by atoms with Crippen LogP contribution in [-0.2, 0) is 4.79 Å². The third kappa shape index (κ3) is 5.61. The van der Waals surface area contributed by atoms with Gasteiger partial charge >= 0.3 is 0 Å². The normalized spacial score (nSPS) is 10.8. The Labute approximate surface area is 177 Å². The number of hydrogen-bond donors (Lipinski definition) is 1. The Morgan fingerprint density at radius 1 is 1.18 bits per heavy atom. The molecular weight excluding hydrogens is 419 g/mol. The number of anilines is 1. The van der Waals surface area contributed by atoms with Crippen LogP contribution in [0.3, 0.4) is 0 Å². The van der Waals surface area contributed by atoms with Crippen molar-refractivity contribution in [3.8, 4) is 22.8 Å². The lowest BCUT2D eigenvalue weighted by molar-refractivity contribution is -0.118. The van der Waals surface area contributed by atoms with Crippen molar-refractivity contribution in [1.82, 2.24) is 4.98 Å². The zero-order valence-corrected chi connectivity index (χ0v) is 17.6. The number of rotatable bonds is 7. The Bertz CT molecular complexity index is 958. The summed E-state index contributed by atoms with van der Waals surface area (Å²) in [6.07, 6.45) is 0.121. The highest BCUT2D eigenvalue weighted by molar-refractivity contribution is 7.14. The third-order valence-electron chi connectivity index (χ3n) is 3.52. The van der Waals surface area contributed by atoms with Crippen molar-refractivity contribution in [2.24, 2.45) is 0 Å². The fraction of sp³-hybridized carbons (Fsp3) is 0.200. The highest BCUT2D eigenvalue weighted by Crippen LogP contribution is 2.28. The van der Waals surface area contributed by atoms with Gasteiger partial charge in [-0.25, -0.2) is 4.98 Å². The van der Waals surface area contributed by atoms with Crippen molar-refractivity contribution in [3.63, 3.8) is 0 Å². The van der Waals surface area contributed by atoms with Crippen molar-refractivity contribution in [2.75, 3.05) is 11.9 Å². The summed E-state index contributed by atoms with van der Waals surface area (Å²) in [5.41, 5.74) is 1.71. The van der Waals surface area contributed by atoms with Crippen LogP contribution in [-0.4, -0.2) is 23.6 Å². The topological polar surface area (TPSA) is 60.5 Å². The molecule has 0 bridgehead atoms. The molecule has 0 aliphatic rings. The van der Waals surface area contributed by atoms with Crippen molar-refractivity contribution < 1.29 is 14.3 Å². The van der Waals surface area contributed by atoms with E-state index in [9.17, 15) is 4.79 Å². The fourth-order valence-electron chi connectivity index (χ4n) is 2.33. The zero-order chi connectivity index (χ0) is 20.1. The molecule has 0 saturated carbocycles. The Hall–Kier alpha value is -2.28. The molecule has 2 aromatic carbocycles. The molecule has 146 valence electrons. The SMILES string of the molecule is CC(C)Oc1ccc(-c2csc(NC(=O)COc3cc(Cl)ccc3Cl)n2)cc1. The van der Waals surface area contributed by atoms with Crippen LogP contribution in [0.5, 0.6) is 11.5 Å². The highest BCUT2D eigenvalue weighted by Gasteiger charge is 2.11. The number of amides is 1. The second-order valence-electron chi connectivity index (χ2n) is 6.14. The van der Waals surface area contributed by atoms with Crippen LogP contribution in [0, 0.1) is 0 Å². The lowest BCUT2D eigenvalue weighted by Crippen LogP contribution is -2.20. The summed E-state index contributed by atoms with van der Waals surface area (Å²) in [5, 5.41) is 5.95. The van der Waals surface area contributed by atoms with Gasteiger partial charge in [0.05, 0.1) is 16.8 Å². The van der Waals surface area contributed by atoms with E-state index in [1.807, 2.05) is 43.5 Å². The van der Waals surface area contributed by atoms with E-state index >= 15 is 0 Å². The van der Waals surface area contributed by atoms with Gasteiger partial charge in [0.25, 0.3) is 5.91 Å². The van der Waals surface area contributed by atoms with Crippen LogP contribution in [0.1, 0.15) is 13.8 Å². The largest absolute Gasteiger partial charge is 0.491 e. The summed E-state index contributed by atoms with van der Waals surface area (Å²) < 4.78 is 11.1. The Balaban J connectivity index is 1.58. The van der Waals surface area contributed by atoms with Crippen LogP contribution in [0.4, 0.5) is 5.13 Å². The van der Waals surface area contributed by atoms with Gasteiger partial charge in [0.1, 0.15) is 11.5 Å². The Morgan fingerprint density at radius 3 is 2.64 bits per heavy atom. The number of carbonyl (C=O) groups is 1. The number of aromatic nitrogens is 1. The monoisotopic (exact) mass is 436 g/mol. The molecule has 28 heavy (non-hydrogen) atoms. The highest BCUT2D eigenvalue weighted by atomic mass is 35.5.